The normalized spacial score (nSPS) is 15.2. The first-order valence-corrected chi connectivity index (χ1v) is 9.38. The number of hydrogen-bond acceptors (Lipinski definition) is 5. The van der Waals surface area contributed by atoms with E-state index in [0.717, 1.165) is 48.6 Å². The van der Waals surface area contributed by atoms with Crippen molar-refractivity contribution in [1.29, 1.82) is 0 Å². The standard InChI is InChI=1S/C19H28N6O2/c1-11-14(4)23-25(15(11)5)10-17(26)21-16-6-8-24(9-7-16)19-20-13(3)12(2)18(27)22-19/h16H,6-10H2,1-5H3,(H,21,26)(H,20,22,27). The molecule has 146 valence electrons. The van der Waals surface area contributed by atoms with Gasteiger partial charge >= 0.3 is 0 Å². The van der Waals surface area contributed by atoms with E-state index < -0.39 is 0 Å². The number of amides is 1. The summed E-state index contributed by atoms with van der Waals surface area (Å²) in [6, 6.07) is 0.130. The van der Waals surface area contributed by atoms with Gasteiger partial charge in [-0.05, 0) is 53.0 Å². The van der Waals surface area contributed by atoms with Crippen LogP contribution in [0.1, 0.15) is 41.1 Å². The molecule has 2 aromatic rings. The highest BCUT2D eigenvalue weighted by Crippen LogP contribution is 2.16. The zero-order valence-corrected chi connectivity index (χ0v) is 16.7. The number of nitrogens with one attached hydrogen (secondary N) is 2. The number of carbonyl (C=O) groups is 1. The van der Waals surface area contributed by atoms with Crippen LogP contribution in [0, 0.1) is 34.6 Å². The maximum absolute atomic E-state index is 12.4. The Morgan fingerprint density at radius 1 is 1.11 bits per heavy atom. The predicted molar refractivity (Wildman–Crippen MR) is 104 cm³/mol. The molecule has 2 N–H and O–H groups in total. The average Bonchev–Trinajstić information content (AvgIpc) is 2.86. The van der Waals surface area contributed by atoms with Crippen LogP contribution in [0.3, 0.4) is 0 Å². The van der Waals surface area contributed by atoms with Crippen LogP contribution in [-0.2, 0) is 11.3 Å². The summed E-state index contributed by atoms with van der Waals surface area (Å²) in [5, 5.41) is 7.53. The minimum atomic E-state index is -0.0897. The minimum absolute atomic E-state index is 0.0169. The molecule has 3 rings (SSSR count). The van der Waals surface area contributed by atoms with Gasteiger partial charge in [0.05, 0.1) is 5.69 Å². The number of nitrogens with zero attached hydrogens (tertiary/aromatic N) is 4. The smallest absolute Gasteiger partial charge is 0.255 e. The number of aromatic amines is 1. The van der Waals surface area contributed by atoms with Gasteiger partial charge in [-0.25, -0.2) is 4.98 Å². The van der Waals surface area contributed by atoms with E-state index in [1.807, 2.05) is 27.7 Å². The maximum atomic E-state index is 12.4. The fraction of sp³-hybridized carbons (Fsp3) is 0.579. The molecule has 0 aliphatic carbocycles. The molecule has 0 aromatic carbocycles. The second-order valence-electron chi connectivity index (χ2n) is 7.38. The van der Waals surface area contributed by atoms with E-state index in [1.165, 1.54) is 0 Å². The van der Waals surface area contributed by atoms with Crippen molar-refractivity contribution >= 4 is 11.9 Å². The molecular weight excluding hydrogens is 344 g/mol. The molecule has 1 amide bonds. The average molecular weight is 372 g/mol. The van der Waals surface area contributed by atoms with E-state index in [0.29, 0.717) is 11.5 Å². The van der Waals surface area contributed by atoms with Gasteiger partial charge in [0.25, 0.3) is 5.56 Å². The minimum Gasteiger partial charge on any atom is -0.352 e. The Labute approximate surface area is 159 Å². The lowest BCUT2D eigenvalue weighted by Gasteiger charge is -2.32. The summed E-state index contributed by atoms with van der Waals surface area (Å²) >= 11 is 0. The molecule has 0 bridgehead atoms. The Morgan fingerprint density at radius 3 is 2.33 bits per heavy atom. The van der Waals surface area contributed by atoms with Crippen molar-refractivity contribution in [3.8, 4) is 0 Å². The molecule has 3 heterocycles. The first-order chi connectivity index (χ1) is 12.8. The summed E-state index contributed by atoms with van der Waals surface area (Å²) in [5.41, 5.74) is 4.44. The number of anilines is 1. The van der Waals surface area contributed by atoms with Crippen molar-refractivity contribution < 1.29 is 4.79 Å². The van der Waals surface area contributed by atoms with Crippen LogP contribution in [0.5, 0.6) is 0 Å². The third-order valence-corrected chi connectivity index (χ3v) is 5.58. The zero-order valence-electron chi connectivity index (χ0n) is 16.7. The zero-order chi connectivity index (χ0) is 19.7. The number of piperidine rings is 1. The second-order valence-corrected chi connectivity index (χ2v) is 7.38. The quantitative estimate of drug-likeness (QED) is 0.843. The number of aromatic nitrogens is 4. The van der Waals surface area contributed by atoms with E-state index in [4.69, 9.17) is 0 Å². The number of aryl methyl sites for hydroxylation is 2. The Balaban J connectivity index is 1.55. The Kier molecular flexibility index (Phi) is 5.34. The van der Waals surface area contributed by atoms with Crippen molar-refractivity contribution in [3.63, 3.8) is 0 Å². The number of carbonyl (C=O) groups excluding carboxylic acids is 1. The van der Waals surface area contributed by atoms with Gasteiger partial charge in [-0.2, -0.15) is 5.10 Å². The fourth-order valence-electron chi connectivity index (χ4n) is 3.37. The molecule has 1 fully saturated rings. The summed E-state index contributed by atoms with van der Waals surface area (Å²) in [7, 11) is 0. The predicted octanol–water partition coefficient (Wildman–Crippen LogP) is 1.29. The summed E-state index contributed by atoms with van der Waals surface area (Å²) in [6.07, 6.45) is 1.64. The van der Waals surface area contributed by atoms with Crippen molar-refractivity contribution in [1.82, 2.24) is 25.1 Å². The Morgan fingerprint density at radius 2 is 1.78 bits per heavy atom. The lowest BCUT2D eigenvalue weighted by Crippen LogP contribution is -2.46. The molecule has 1 saturated heterocycles. The SMILES string of the molecule is Cc1nn(CC(=O)NC2CCN(c3nc(C)c(C)c(=O)[nH]3)CC2)c(C)c1C. The second kappa shape index (κ2) is 7.54. The van der Waals surface area contributed by atoms with Gasteiger partial charge in [0.1, 0.15) is 6.54 Å². The van der Waals surface area contributed by atoms with Crippen LogP contribution >= 0.6 is 0 Å². The molecule has 2 aromatic heterocycles. The number of H-pyrrole nitrogens is 1. The highest BCUT2D eigenvalue weighted by molar-refractivity contribution is 5.76. The summed E-state index contributed by atoms with van der Waals surface area (Å²) in [5.74, 6) is 0.600. The van der Waals surface area contributed by atoms with Crippen molar-refractivity contribution in [2.24, 2.45) is 0 Å². The topological polar surface area (TPSA) is 95.9 Å². The fourth-order valence-corrected chi connectivity index (χ4v) is 3.37. The molecule has 0 radical (unpaired) electrons. The molecule has 1 aliphatic heterocycles. The third-order valence-electron chi connectivity index (χ3n) is 5.58. The van der Waals surface area contributed by atoms with Gasteiger partial charge in [0.2, 0.25) is 11.9 Å². The first-order valence-electron chi connectivity index (χ1n) is 9.38. The molecule has 8 nitrogen and oxygen atoms in total. The summed E-state index contributed by atoms with van der Waals surface area (Å²) in [4.78, 5) is 33.7. The highest BCUT2D eigenvalue weighted by Gasteiger charge is 2.23. The molecule has 0 saturated carbocycles. The Hall–Kier alpha value is -2.64. The molecular formula is C19H28N6O2. The summed E-state index contributed by atoms with van der Waals surface area (Å²) < 4.78 is 1.76. The first kappa shape index (κ1) is 19.1. The molecule has 8 heteroatoms. The van der Waals surface area contributed by atoms with Crippen molar-refractivity contribution in [2.75, 3.05) is 18.0 Å². The summed E-state index contributed by atoms with van der Waals surface area (Å²) in [6.45, 7) is 11.3. The van der Waals surface area contributed by atoms with E-state index >= 15 is 0 Å². The van der Waals surface area contributed by atoms with Crippen LogP contribution in [0.4, 0.5) is 5.95 Å². The lowest BCUT2D eigenvalue weighted by atomic mass is 10.1. The van der Waals surface area contributed by atoms with E-state index in [9.17, 15) is 9.59 Å². The maximum Gasteiger partial charge on any atom is 0.255 e. The van der Waals surface area contributed by atoms with Crippen molar-refractivity contribution in [2.45, 2.75) is 60.0 Å². The number of hydrogen-bond donors (Lipinski definition) is 2. The van der Waals surface area contributed by atoms with Crippen molar-refractivity contribution in [3.05, 3.63) is 38.6 Å². The van der Waals surface area contributed by atoms with E-state index in [1.54, 1.807) is 11.6 Å². The Bertz CT molecular complexity index is 906. The van der Waals surface area contributed by atoms with Gasteiger partial charge in [0.15, 0.2) is 0 Å². The molecule has 0 unspecified atom stereocenters. The largest absolute Gasteiger partial charge is 0.352 e. The third kappa shape index (κ3) is 4.04. The van der Waals surface area contributed by atoms with Crippen LogP contribution < -0.4 is 15.8 Å². The number of rotatable bonds is 4. The van der Waals surface area contributed by atoms with E-state index in [2.05, 4.69) is 25.3 Å². The van der Waals surface area contributed by atoms with Crippen LogP contribution in [0.25, 0.3) is 0 Å². The van der Waals surface area contributed by atoms with E-state index in [-0.39, 0.29) is 24.1 Å². The van der Waals surface area contributed by atoms with Crippen LogP contribution in [0.15, 0.2) is 4.79 Å². The molecule has 27 heavy (non-hydrogen) atoms. The molecule has 0 spiro atoms. The van der Waals surface area contributed by atoms with Crippen LogP contribution in [0.2, 0.25) is 0 Å². The van der Waals surface area contributed by atoms with Gasteiger partial charge in [-0.3, -0.25) is 19.3 Å². The molecule has 1 aliphatic rings. The van der Waals surface area contributed by atoms with Gasteiger partial charge in [-0.1, -0.05) is 0 Å². The van der Waals surface area contributed by atoms with Gasteiger partial charge < -0.3 is 10.2 Å². The lowest BCUT2D eigenvalue weighted by molar-refractivity contribution is -0.122. The van der Waals surface area contributed by atoms with Gasteiger partial charge in [0, 0.05) is 36.1 Å². The highest BCUT2D eigenvalue weighted by atomic mass is 16.2. The molecule has 0 atom stereocenters. The van der Waals surface area contributed by atoms with Crippen LogP contribution in [-0.4, -0.2) is 44.8 Å². The van der Waals surface area contributed by atoms with Gasteiger partial charge in [-0.15, -0.1) is 0 Å². The monoisotopic (exact) mass is 372 g/mol.